The van der Waals surface area contributed by atoms with Crippen LogP contribution < -0.4 is 10.2 Å². The maximum atomic E-state index is 5.09. The lowest BCUT2D eigenvalue weighted by molar-refractivity contribution is 0.178. The molecule has 0 aliphatic carbocycles. The summed E-state index contributed by atoms with van der Waals surface area (Å²) in [4.78, 5) is 11.0. The molecule has 0 unspecified atom stereocenters. The highest BCUT2D eigenvalue weighted by Gasteiger charge is 2.07. The second kappa shape index (κ2) is 8.16. The van der Waals surface area contributed by atoms with Crippen LogP contribution in [0.25, 0.3) is 0 Å². The van der Waals surface area contributed by atoms with E-state index in [1.165, 1.54) is 5.75 Å². The summed E-state index contributed by atoms with van der Waals surface area (Å²) >= 11 is 1.87. The summed E-state index contributed by atoms with van der Waals surface area (Å²) in [5, 5.41) is 3.05. The van der Waals surface area contributed by atoms with Crippen molar-refractivity contribution in [3.8, 4) is 0 Å². The molecule has 0 amide bonds. The maximum Gasteiger partial charge on any atom is 0.158 e. The highest BCUT2D eigenvalue weighted by molar-refractivity contribution is 7.98. The summed E-state index contributed by atoms with van der Waals surface area (Å²) in [6.45, 7) is 1.43. The Morgan fingerprint density at radius 1 is 1.44 bits per heavy atom. The smallest absolute Gasteiger partial charge is 0.158 e. The maximum absolute atomic E-state index is 5.09. The Bertz CT molecular complexity index is 362. The normalized spacial score (nSPS) is 10.4. The van der Waals surface area contributed by atoms with Gasteiger partial charge in [-0.1, -0.05) is 0 Å². The van der Waals surface area contributed by atoms with Gasteiger partial charge in [0.25, 0.3) is 0 Å². The van der Waals surface area contributed by atoms with Gasteiger partial charge in [0.15, 0.2) is 5.82 Å². The van der Waals surface area contributed by atoms with E-state index < -0.39 is 0 Å². The fourth-order valence-electron chi connectivity index (χ4n) is 1.56. The van der Waals surface area contributed by atoms with Gasteiger partial charge in [0.1, 0.15) is 18.2 Å². The molecule has 1 heterocycles. The van der Waals surface area contributed by atoms with Gasteiger partial charge >= 0.3 is 0 Å². The van der Waals surface area contributed by atoms with Gasteiger partial charge in [0.05, 0.1) is 0 Å². The zero-order chi connectivity index (χ0) is 13.4. The number of ether oxygens (including phenoxy) is 1. The van der Waals surface area contributed by atoms with Crippen molar-refractivity contribution in [2.24, 2.45) is 0 Å². The van der Waals surface area contributed by atoms with Crippen molar-refractivity contribution in [3.63, 3.8) is 0 Å². The topological polar surface area (TPSA) is 50.3 Å². The van der Waals surface area contributed by atoms with E-state index in [0.717, 1.165) is 24.6 Å². The lowest BCUT2D eigenvalue weighted by atomic mass is 10.4. The molecule has 0 aliphatic heterocycles. The first-order chi connectivity index (χ1) is 8.71. The van der Waals surface area contributed by atoms with Gasteiger partial charge in [0, 0.05) is 33.8 Å². The fourth-order valence-corrected chi connectivity index (χ4v) is 1.98. The molecule has 102 valence electrons. The van der Waals surface area contributed by atoms with E-state index in [1.54, 1.807) is 7.11 Å². The zero-order valence-electron chi connectivity index (χ0n) is 11.6. The first-order valence-electron chi connectivity index (χ1n) is 5.96. The number of hydrogen-bond acceptors (Lipinski definition) is 6. The van der Waals surface area contributed by atoms with Crippen LogP contribution >= 0.6 is 11.8 Å². The first kappa shape index (κ1) is 15.0. The molecule has 1 aromatic rings. The number of nitrogens with one attached hydrogen (secondary N) is 1. The van der Waals surface area contributed by atoms with E-state index in [0.29, 0.717) is 12.4 Å². The third kappa shape index (κ3) is 4.70. The molecule has 1 rings (SSSR count). The Hall–Kier alpha value is -1.01. The van der Waals surface area contributed by atoms with Crippen molar-refractivity contribution in [2.45, 2.75) is 13.0 Å². The molecule has 0 saturated carbocycles. The predicted octanol–water partition coefficient (Wildman–Crippen LogP) is 1.85. The zero-order valence-corrected chi connectivity index (χ0v) is 12.4. The molecule has 18 heavy (non-hydrogen) atoms. The van der Waals surface area contributed by atoms with E-state index in [-0.39, 0.29) is 0 Å². The largest absolute Gasteiger partial charge is 0.377 e. The molecule has 0 saturated heterocycles. The van der Waals surface area contributed by atoms with Gasteiger partial charge in [-0.05, 0) is 18.4 Å². The molecular formula is C12H22N4OS. The number of methoxy groups -OCH3 is 1. The Morgan fingerprint density at radius 2 is 2.22 bits per heavy atom. The van der Waals surface area contributed by atoms with Crippen molar-refractivity contribution in [3.05, 3.63) is 11.9 Å². The van der Waals surface area contributed by atoms with Crippen LogP contribution in [0.3, 0.4) is 0 Å². The van der Waals surface area contributed by atoms with Crippen LogP contribution in [0.4, 0.5) is 11.6 Å². The molecular weight excluding hydrogens is 248 g/mol. The average molecular weight is 270 g/mol. The third-order valence-corrected chi connectivity index (χ3v) is 3.22. The molecule has 0 spiro atoms. The summed E-state index contributed by atoms with van der Waals surface area (Å²) in [5.74, 6) is 3.63. The number of anilines is 2. The van der Waals surface area contributed by atoms with Gasteiger partial charge < -0.3 is 15.0 Å². The van der Waals surface area contributed by atoms with E-state index in [2.05, 4.69) is 33.5 Å². The number of rotatable bonds is 8. The summed E-state index contributed by atoms with van der Waals surface area (Å²) < 4.78 is 5.09. The number of nitrogens with zero attached hydrogens (tertiary/aromatic N) is 3. The quantitative estimate of drug-likeness (QED) is 0.728. The van der Waals surface area contributed by atoms with Crippen LogP contribution in [-0.2, 0) is 11.3 Å². The first-order valence-corrected chi connectivity index (χ1v) is 7.35. The standard InChI is InChI=1S/C12H22N4OS/c1-13-10-8-12(15-11(14-10)9-17-3)16(2)6-5-7-18-4/h8H,5-7,9H2,1-4H3,(H,13,14,15). The highest BCUT2D eigenvalue weighted by atomic mass is 32.2. The molecule has 6 heteroatoms. The summed E-state index contributed by atoms with van der Waals surface area (Å²) in [6.07, 6.45) is 3.27. The molecule has 1 N–H and O–H groups in total. The monoisotopic (exact) mass is 270 g/mol. The molecule has 0 aromatic carbocycles. The Morgan fingerprint density at radius 3 is 2.83 bits per heavy atom. The van der Waals surface area contributed by atoms with Crippen molar-refractivity contribution in [1.82, 2.24) is 9.97 Å². The lowest BCUT2D eigenvalue weighted by Gasteiger charge is -2.19. The number of aromatic nitrogens is 2. The van der Waals surface area contributed by atoms with Crippen molar-refractivity contribution in [1.29, 1.82) is 0 Å². The van der Waals surface area contributed by atoms with Crippen LogP contribution in [-0.4, -0.2) is 49.7 Å². The van der Waals surface area contributed by atoms with Crippen LogP contribution in [0.15, 0.2) is 6.07 Å². The molecule has 0 atom stereocenters. The summed E-state index contributed by atoms with van der Waals surface area (Å²) in [6, 6.07) is 1.96. The van der Waals surface area contributed by atoms with Crippen molar-refractivity contribution < 1.29 is 4.74 Å². The molecule has 5 nitrogen and oxygen atoms in total. The predicted molar refractivity (Wildman–Crippen MR) is 78.6 cm³/mol. The molecule has 0 bridgehead atoms. The minimum atomic E-state index is 0.432. The average Bonchev–Trinajstić information content (AvgIpc) is 2.39. The van der Waals surface area contributed by atoms with Crippen molar-refractivity contribution >= 4 is 23.4 Å². The Kier molecular flexibility index (Phi) is 6.82. The van der Waals surface area contributed by atoms with E-state index >= 15 is 0 Å². The van der Waals surface area contributed by atoms with Crippen LogP contribution in [0, 0.1) is 0 Å². The minimum absolute atomic E-state index is 0.432. The molecule has 1 aromatic heterocycles. The van der Waals surface area contributed by atoms with Gasteiger partial charge in [-0.3, -0.25) is 0 Å². The van der Waals surface area contributed by atoms with Gasteiger partial charge in [-0.15, -0.1) is 0 Å². The fraction of sp³-hybridized carbons (Fsp3) is 0.667. The highest BCUT2D eigenvalue weighted by Crippen LogP contribution is 2.15. The Labute approximate surface area is 113 Å². The van der Waals surface area contributed by atoms with Gasteiger partial charge in [-0.25, -0.2) is 9.97 Å². The lowest BCUT2D eigenvalue weighted by Crippen LogP contribution is -2.21. The number of hydrogen-bond donors (Lipinski definition) is 1. The Balaban J connectivity index is 2.75. The van der Waals surface area contributed by atoms with Crippen LogP contribution in [0.5, 0.6) is 0 Å². The van der Waals surface area contributed by atoms with E-state index in [1.807, 2.05) is 24.9 Å². The molecule has 0 radical (unpaired) electrons. The van der Waals surface area contributed by atoms with Gasteiger partial charge in [0.2, 0.25) is 0 Å². The van der Waals surface area contributed by atoms with E-state index in [4.69, 9.17) is 4.74 Å². The second-order valence-electron chi connectivity index (χ2n) is 3.98. The van der Waals surface area contributed by atoms with Crippen LogP contribution in [0.2, 0.25) is 0 Å². The summed E-state index contributed by atoms with van der Waals surface area (Å²) in [5.41, 5.74) is 0. The molecule has 0 aliphatic rings. The minimum Gasteiger partial charge on any atom is -0.377 e. The second-order valence-corrected chi connectivity index (χ2v) is 4.96. The SMILES string of the molecule is CNc1cc(N(C)CCCSC)nc(COC)n1. The van der Waals surface area contributed by atoms with Crippen LogP contribution in [0.1, 0.15) is 12.2 Å². The van der Waals surface area contributed by atoms with Gasteiger partial charge in [-0.2, -0.15) is 11.8 Å². The third-order valence-electron chi connectivity index (χ3n) is 2.52. The summed E-state index contributed by atoms with van der Waals surface area (Å²) in [7, 11) is 5.56. The van der Waals surface area contributed by atoms with Crippen molar-refractivity contribution in [2.75, 3.05) is 50.0 Å². The van der Waals surface area contributed by atoms with E-state index in [9.17, 15) is 0 Å². The molecule has 0 fully saturated rings. The number of thioether (sulfide) groups is 1.